The molecule has 8 heteroatoms. The predicted octanol–water partition coefficient (Wildman–Crippen LogP) is 0.235. The maximum atomic E-state index is 12.4. The summed E-state index contributed by atoms with van der Waals surface area (Å²) >= 11 is 1.64. The molecule has 0 saturated carbocycles. The molecule has 132 valence electrons. The molecule has 2 aliphatic heterocycles. The fraction of sp³-hybridized carbons (Fsp3) is 0.471. The summed E-state index contributed by atoms with van der Waals surface area (Å²) < 4.78 is 1.15. The Morgan fingerprint density at radius 3 is 3.00 bits per heavy atom. The fourth-order valence-corrected chi connectivity index (χ4v) is 4.44. The van der Waals surface area contributed by atoms with Gasteiger partial charge in [-0.2, -0.15) is 0 Å². The van der Waals surface area contributed by atoms with Gasteiger partial charge in [-0.15, -0.1) is 11.3 Å². The van der Waals surface area contributed by atoms with Gasteiger partial charge in [0, 0.05) is 19.1 Å². The molecule has 4 rings (SSSR count). The van der Waals surface area contributed by atoms with E-state index in [4.69, 9.17) is 0 Å². The molecule has 1 aromatic carbocycles. The molecule has 2 aliphatic rings. The first-order valence-electron chi connectivity index (χ1n) is 8.39. The van der Waals surface area contributed by atoms with E-state index in [1.54, 1.807) is 16.2 Å². The highest BCUT2D eigenvalue weighted by atomic mass is 32.1. The zero-order valence-electron chi connectivity index (χ0n) is 13.8. The monoisotopic (exact) mass is 360 g/mol. The van der Waals surface area contributed by atoms with E-state index in [-0.39, 0.29) is 17.9 Å². The lowest BCUT2D eigenvalue weighted by Crippen LogP contribution is -2.64. The lowest BCUT2D eigenvalue weighted by atomic mass is 10.0. The highest BCUT2D eigenvalue weighted by Crippen LogP contribution is 2.25. The molecular weight excluding hydrogens is 340 g/mol. The third-order valence-electron chi connectivity index (χ3n) is 4.81. The van der Waals surface area contributed by atoms with Crippen LogP contribution in [0.25, 0.3) is 10.2 Å². The Labute approximate surface area is 149 Å². The maximum Gasteiger partial charge on any atom is 0.248 e. The van der Waals surface area contributed by atoms with Crippen LogP contribution >= 0.6 is 11.3 Å². The van der Waals surface area contributed by atoms with Crippen molar-refractivity contribution in [3.05, 3.63) is 29.3 Å². The van der Waals surface area contributed by atoms with Gasteiger partial charge in [-0.05, 0) is 25.5 Å². The van der Waals surface area contributed by atoms with Crippen LogP contribution < -0.4 is 10.6 Å². The van der Waals surface area contributed by atoms with Gasteiger partial charge in [-0.1, -0.05) is 12.1 Å². The minimum atomic E-state index is -0.896. The van der Waals surface area contributed by atoms with Crippen molar-refractivity contribution in [2.24, 2.45) is 0 Å². The van der Waals surface area contributed by atoms with Gasteiger partial charge in [0.15, 0.2) is 0 Å². The predicted molar refractivity (Wildman–Crippen MR) is 94.0 cm³/mol. The highest BCUT2D eigenvalue weighted by Gasteiger charge is 2.47. The Kier molecular flexibility index (Phi) is 4.18. The molecule has 1 aromatic heterocycles. The van der Waals surface area contributed by atoms with Crippen molar-refractivity contribution in [3.8, 4) is 0 Å². The summed E-state index contributed by atoms with van der Waals surface area (Å²) in [5.74, 6) is -0.390. The second kappa shape index (κ2) is 6.36. The van der Waals surface area contributed by atoms with Crippen molar-refractivity contribution in [2.75, 3.05) is 6.54 Å². The number of nitrogens with one attached hydrogen (secondary N) is 2. The molecule has 7 nitrogen and oxygen atoms in total. The SMILES string of the molecule is C[C@@H](O)[C@@H]1NC(=O)[C@@H]2C[C@H](NCc3nc4ccccc4s3)CN2C1=O. The summed E-state index contributed by atoms with van der Waals surface area (Å²) in [5.41, 5.74) is 0.988. The summed E-state index contributed by atoms with van der Waals surface area (Å²) in [5, 5.41) is 16.7. The van der Waals surface area contributed by atoms with Crippen molar-refractivity contribution < 1.29 is 14.7 Å². The van der Waals surface area contributed by atoms with Crippen LogP contribution in [0.5, 0.6) is 0 Å². The van der Waals surface area contributed by atoms with Crippen LogP contribution in [0.2, 0.25) is 0 Å². The molecule has 2 fully saturated rings. The van der Waals surface area contributed by atoms with Crippen LogP contribution in [0.1, 0.15) is 18.4 Å². The van der Waals surface area contributed by atoms with Crippen molar-refractivity contribution in [1.29, 1.82) is 0 Å². The average Bonchev–Trinajstić information content (AvgIpc) is 3.19. The molecule has 0 spiro atoms. The zero-order chi connectivity index (χ0) is 17.6. The number of amides is 2. The zero-order valence-corrected chi connectivity index (χ0v) is 14.6. The lowest BCUT2D eigenvalue weighted by molar-refractivity contribution is -0.149. The van der Waals surface area contributed by atoms with Crippen LogP contribution in [0.3, 0.4) is 0 Å². The summed E-state index contributed by atoms with van der Waals surface area (Å²) in [7, 11) is 0. The number of hydrogen-bond acceptors (Lipinski definition) is 6. The second-order valence-corrected chi connectivity index (χ2v) is 7.74. The number of carbonyl (C=O) groups is 2. The number of aliphatic hydroxyl groups excluding tert-OH is 1. The fourth-order valence-electron chi connectivity index (χ4n) is 3.52. The normalized spacial score (nSPS) is 27.4. The van der Waals surface area contributed by atoms with E-state index in [9.17, 15) is 14.7 Å². The van der Waals surface area contributed by atoms with Gasteiger partial charge in [-0.3, -0.25) is 9.59 Å². The number of benzene rings is 1. The van der Waals surface area contributed by atoms with Gasteiger partial charge < -0.3 is 20.6 Å². The van der Waals surface area contributed by atoms with E-state index < -0.39 is 18.2 Å². The molecule has 0 radical (unpaired) electrons. The minimum Gasteiger partial charge on any atom is -0.391 e. The first-order valence-corrected chi connectivity index (χ1v) is 9.21. The Hall–Kier alpha value is -2.03. The van der Waals surface area contributed by atoms with E-state index in [2.05, 4.69) is 15.6 Å². The van der Waals surface area contributed by atoms with E-state index in [0.717, 1.165) is 15.2 Å². The van der Waals surface area contributed by atoms with Gasteiger partial charge in [0.25, 0.3) is 0 Å². The van der Waals surface area contributed by atoms with Crippen molar-refractivity contribution in [1.82, 2.24) is 20.5 Å². The molecule has 2 amide bonds. The van der Waals surface area contributed by atoms with Gasteiger partial charge in [-0.25, -0.2) is 4.98 Å². The van der Waals surface area contributed by atoms with Gasteiger partial charge >= 0.3 is 0 Å². The standard InChI is InChI=1S/C17H20N4O3S/c1-9(22)15-17(24)21-8-10(6-12(21)16(23)20-15)18-7-14-19-11-4-2-3-5-13(11)25-14/h2-5,9-10,12,15,18,22H,6-8H2,1H3,(H,20,23)/t9-,10+,12+,15+/m1/s1. The smallest absolute Gasteiger partial charge is 0.248 e. The number of rotatable bonds is 4. The topological polar surface area (TPSA) is 94.6 Å². The van der Waals surface area contributed by atoms with E-state index in [0.29, 0.717) is 19.5 Å². The van der Waals surface area contributed by atoms with Gasteiger partial charge in [0.1, 0.15) is 17.1 Å². The third-order valence-corrected chi connectivity index (χ3v) is 5.85. The molecule has 0 aliphatic carbocycles. The number of fused-ring (bicyclic) bond motifs is 2. The number of aliphatic hydroxyl groups is 1. The number of para-hydroxylation sites is 1. The Balaban J connectivity index is 1.42. The Morgan fingerprint density at radius 1 is 1.44 bits per heavy atom. The van der Waals surface area contributed by atoms with Crippen LogP contribution in [0.15, 0.2) is 24.3 Å². The molecule has 2 aromatic rings. The number of nitrogens with zero attached hydrogens (tertiary/aromatic N) is 2. The number of piperazine rings is 1. The van der Waals surface area contributed by atoms with E-state index in [1.807, 2.05) is 24.3 Å². The molecule has 0 unspecified atom stereocenters. The molecule has 25 heavy (non-hydrogen) atoms. The number of aromatic nitrogens is 1. The summed E-state index contributed by atoms with van der Waals surface area (Å²) in [6.45, 7) is 2.60. The summed E-state index contributed by atoms with van der Waals surface area (Å²) in [6.07, 6.45) is -0.318. The number of carbonyl (C=O) groups excluding carboxylic acids is 2. The van der Waals surface area contributed by atoms with Crippen LogP contribution in [-0.2, 0) is 16.1 Å². The highest BCUT2D eigenvalue weighted by molar-refractivity contribution is 7.18. The van der Waals surface area contributed by atoms with Crippen molar-refractivity contribution in [3.63, 3.8) is 0 Å². The van der Waals surface area contributed by atoms with E-state index >= 15 is 0 Å². The lowest BCUT2D eigenvalue weighted by Gasteiger charge is -2.35. The second-order valence-electron chi connectivity index (χ2n) is 6.62. The number of hydrogen-bond donors (Lipinski definition) is 3. The Morgan fingerprint density at radius 2 is 2.24 bits per heavy atom. The molecule has 3 N–H and O–H groups in total. The minimum absolute atomic E-state index is 0.0412. The largest absolute Gasteiger partial charge is 0.391 e. The quantitative estimate of drug-likeness (QED) is 0.726. The van der Waals surface area contributed by atoms with Crippen molar-refractivity contribution in [2.45, 2.75) is 44.1 Å². The summed E-state index contributed by atoms with van der Waals surface area (Å²) in [6, 6.07) is 6.75. The Bertz CT molecular complexity index is 788. The van der Waals surface area contributed by atoms with Crippen molar-refractivity contribution >= 4 is 33.4 Å². The first kappa shape index (κ1) is 16.4. The molecule has 3 heterocycles. The average molecular weight is 360 g/mol. The van der Waals surface area contributed by atoms with Crippen LogP contribution in [0, 0.1) is 0 Å². The maximum absolute atomic E-state index is 12.4. The first-order chi connectivity index (χ1) is 12.0. The van der Waals surface area contributed by atoms with E-state index in [1.165, 1.54) is 6.92 Å². The molecule has 4 atom stereocenters. The molecule has 2 saturated heterocycles. The van der Waals surface area contributed by atoms with Gasteiger partial charge in [0.2, 0.25) is 11.8 Å². The summed E-state index contributed by atoms with van der Waals surface area (Å²) in [4.78, 5) is 30.8. The molecule has 0 bridgehead atoms. The van der Waals surface area contributed by atoms with Crippen LogP contribution in [0.4, 0.5) is 0 Å². The molecular formula is C17H20N4O3S. The number of thiazole rings is 1. The van der Waals surface area contributed by atoms with Crippen LogP contribution in [-0.4, -0.2) is 57.6 Å². The third kappa shape index (κ3) is 3.01. The van der Waals surface area contributed by atoms with Gasteiger partial charge in [0.05, 0.1) is 16.3 Å².